The molecule has 23 heavy (non-hydrogen) atoms. The van der Waals surface area contributed by atoms with Gasteiger partial charge in [-0.2, -0.15) is 13.2 Å². The maximum Gasteiger partial charge on any atom is 0.419 e. The summed E-state index contributed by atoms with van der Waals surface area (Å²) in [6, 6.07) is 4.96. The summed E-state index contributed by atoms with van der Waals surface area (Å²) in [6.45, 7) is 1.08. The fourth-order valence-corrected chi connectivity index (χ4v) is 1.91. The first kappa shape index (κ1) is 17.0. The zero-order valence-corrected chi connectivity index (χ0v) is 11.9. The van der Waals surface area contributed by atoms with Crippen LogP contribution in [0.2, 0.25) is 0 Å². The SMILES string of the molecule is CC(O)(CNC(=O)c1ccc(F)c(C(F)(F)F)c1)c1ccco1. The lowest BCUT2D eigenvalue weighted by molar-refractivity contribution is -0.140. The van der Waals surface area contributed by atoms with Gasteiger partial charge in [0.2, 0.25) is 0 Å². The molecule has 1 aromatic carbocycles. The molecule has 1 amide bonds. The molecule has 1 heterocycles. The molecular formula is C15H13F4NO3. The van der Waals surface area contributed by atoms with E-state index in [1.165, 1.54) is 19.3 Å². The summed E-state index contributed by atoms with van der Waals surface area (Å²) in [4.78, 5) is 11.9. The zero-order valence-electron chi connectivity index (χ0n) is 11.9. The van der Waals surface area contributed by atoms with Gasteiger partial charge in [0, 0.05) is 5.56 Å². The van der Waals surface area contributed by atoms with Crippen molar-refractivity contribution in [3.63, 3.8) is 0 Å². The number of benzene rings is 1. The Hall–Kier alpha value is -2.35. The minimum Gasteiger partial charge on any atom is -0.466 e. The summed E-state index contributed by atoms with van der Waals surface area (Å²) in [5.41, 5.74) is -3.43. The third kappa shape index (κ3) is 3.89. The number of halogens is 4. The molecule has 2 N–H and O–H groups in total. The van der Waals surface area contributed by atoms with Gasteiger partial charge < -0.3 is 14.8 Å². The van der Waals surface area contributed by atoms with Gasteiger partial charge in [0.1, 0.15) is 17.2 Å². The Bertz CT molecular complexity index is 693. The highest BCUT2D eigenvalue weighted by Crippen LogP contribution is 2.32. The summed E-state index contributed by atoms with van der Waals surface area (Å²) >= 11 is 0. The molecular weight excluding hydrogens is 318 g/mol. The number of alkyl halides is 3. The number of amides is 1. The highest BCUT2D eigenvalue weighted by atomic mass is 19.4. The van der Waals surface area contributed by atoms with Crippen molar-refractivity contribution in [2.45, 2.75) is 18.7 Å². The molecule has 1 atom stereocenters. The Morgan fingerprint density at radius 1 is 1.30 bits per heavy atom. The Morgan fingerprint density at radius 2 is 2.00 bits per heavy atom. The number of hydrogen-bond donors (Lipinski definition) is 2. The first-order chi connectivity index (χ1) is 10.6. The van der Waals surface area contributed by atoms with Crippen molar-refractivity contribution in [1.82, 2.24) is 5.32 Å². The van der Waals surface area contributed by atoms with Crippen molar-refractivity contribution in [3.8, 4) is 0 Å². The van der Waals surface area contributed by atoms with Crippen LogP contribution < -0.4 is 5.32 Å². The predicted octanol–water partition coefficient (Wildman–Crippen LogP) is 3.08. The van der Waals surface area contributed by atoms with Gasteiger partial charge in [0.25, 0.3) is 5.91 Å². The predicted molar refractivity (Wildman–Crippen MR) is 72.0 cm³/mol. The largest absolute Gasteiger partial charge is 0.466 e. The minimum absolute atomic E-state index is 0.188. The van der Waals surface area contributed by atoms with Gasteiger partial charge in [-0.1, -0.05) is 0 Å². The zero-order chi connectivity index (χ0) is 17.3. The fraction of sp³-hybridized carbons (Fsp3) is 0.267. The van der Waals surface area contributed by atoms with Crippen LogP contribution >= 0.6 is 0 Å². The first-order valence-corrected chi connectivity index (χ1v) is 6.52. The molecule has 4 nitrogen and oxygen atoms in total. The summed E-state index contributed by atoms with van der Waals surface area (Å²) in [5, 5.41) is 12.4. The maximum atomic E-state index is 13.2. The number of nitrogens with one attached hydrogen (secondary N) is 1. The van der Waals surface area contributed by atoms with Gasteiger partial charge in [0.05, 0.1) is 18.4 Å². The molecule has 2 aromatic rings. The second-order valence-electron chi connectivity index (χ2n) is 5.13. The average molecular weight is 331 g/mol. The van der Waals surface area contributed by atoms with E-state index in [4.69, 9.17) is 4.42 Å². The highest BCUT2D eigenvalue weighted by molar-refractivity contribution is 5.94. The summed E-state index contributed by atoms with van der Waals surface area (Å²) < 4.78 is 56.1. The van der Waals surface area contributed by atoms with Gasteiger partial charge >= 0.3 is 6.18 Å². The molecule has 1 aromatic heterocycles. The lowest BCUT2D eigenvalue weighted by Gasteiger charge is -2.21. The molecule has 0 aliphatic rings. The summed E-state index contributed by atoms with van der Waals surface area (Å²) in [7, 11) is 0. The van der Waals surface area contributed by atoms with E-state index in [0.29, 0.717) is 12.1 Å². The number of carbonyl (C=O) groups is 1. The lowest BCUT2D eigenvalue weighted by atomic mass is 10.0. The number of rotatable bonds is 4. The number of furan rings is 1. The maximum absolute atomic E-state index is 13.2. The Kier molecular flexibility index (Phi) is 4.46. The van der Waals surface area contributed by atoms with Crippen molar-refractivity contribution < 1.29 is 31.9 Å². The molecule has 2 rings (SSSR count). The standard InChI is InChI=1S/C15H13F4NO3/c1-14(22,12-3-2-6-23-12)8-20-13(21)9-4-5-11(16)10(7-9)15(17,18)19/h2-7,22H,8H2,1H3,(H,20,21). The summed E-state index contributed by atoms with van der Waals surface area (Å²) in [6.07, 6.45) is -3.57. The van der Waals surface area contributed by atoms with E-state index >= 15 is 0 Å². The minimum atomic E-state index is -4.90. The topological polar surface area (TPSA) is 62.5 Å². The van der Waals surface area contributed by atoms with E-state index in [2.05, 4.69) is 5.32 Å². The lowest BCUT2D eigenvalue weighted by Crippen LogP contribution is -2.38. The molecule has 0 fully saturated rings. The monoisotopic (exact) mass is 331 g/mol. The van der Waals surface area contributed by atoms with E-state index in [0.717, 1.165) is 6.07 Å². The molecule has 8 heteroatoms. The third-order valence-corrected chi connectivity index (χ3v) is 3.18. The van der Waals surface area contributed by atoms with Gasteiger partial charge in [-0.05, 0) is 37.3 Å². The van der Waals surface area contributed by atoms with Gasteiger partial charge in [-0.25, -0.2) is 4.39 Å². The molecule has 0 radical (unpaired) electrons. The van der Waals surface area contributed by atoms with E-state index in [1.807, 2.05) is 0 Å². The number of hydrogen-bond acceptors (Lipinski definition) is 3. The Balaban J connectivity index is 2.13. The Morgan fingerprint density at radius 3 is 2.57 bits per heavy atom. The highest BCUT2D eigenvalue weighted by Gasteiger charge is 2.35. The molecule has 0 saturated heterocycles. The van der Waals surface area contributed by atoms with Crippen molar-refractivity contribution >= 4 is 5.91 Å². The van der Waals surface area contributed by atoms with Crippen molar-refractivity contribution in [2.24, 2.45) is 0 Å². The van der Waals surface area contributed by atoms with Crippen LogP contribution in [0.25, 0.3) is 0 Å². The van der Waals surface area contributed by atoms with E-state index < -0.39 is 29.1 Å². The average Bonchev–Trinajstić information content (AvgIpc) is 2.99. The van der Waals surface area contributed by atoms with Crippen LogP contribution in [0, 0.1) is 5.82 Å². The third-order valence-electron chi connectivity index (χ3n) is 3.18. The molecule has 1 unspecified atom stereocenters. The van der Waals surface area contributed by atoms with Crippen LogP contribution in [0.1, 0.15) is 28.6 Å². The van der Waals surface area contributed by atoms with Gasteiger partial charge in [-0.3, -0.25) is 4.79 Å². The van der Waals surface area contributed by atoms with Crippen LogP contribution in [0.3, 0.4) is 0 Å². The van der Waals surface area contributed by atoms with E-state index in [9.17, 15) is 27.5 Å². The van der Waals surface area contributed by atoms with Gasteiger partial charge in [-0.15, -0.1) is 0 Å². The van der Waals surface area contributed by atoms with Crippen LogP contribution in [0.15, 0.2) is 41.0 Å². The normalized spacial score (nSPS) is 14.3. The van der Waals surface area contributed by atoms with Crippen LogP contribution in [0.5, 0.6) is 0 Å². The van der Waals surface area contributed by atoms with Crippen LogP contribution in [-0.2, 0) is 11.8 Å². The van der Waals surface area contributed by atoms with Gasteiger partial charge in [0.15, 0.2) is 0 Å². The molecule has 0 spiro atoms. The Labute approximate surface area is 128 Å². The molecule has 0 saturated carbocycles. The van der Waals surface area contributed by atoms with Crippen LogP contribution in [-0.4, -0.2) is 17.6 Å². The van der Waals surface area contributed by atoms with Crippen molar-refractivity contribution in [1.29, 1.82) is 0 Å². The number of carbonyl (C=O) groups excluding carboxylic acids is 1. The molecule has 124 valence electrons. The van der Waals surface area contributed by atoms with E-state index in [1.54, 1.807) is 6.07 Å². The van der Waals surface area contributed by atoms with Crippen LogP contribution in [0.4, 0.5) is 17.6 Å². The molecule has 0 aliphatic heterocycles. The second-order valence-corrected chi connectivity index (χ2v) is 5.13. The molecule has 0 bridgehead atoms. The first-order valence-electron chi connectivity index (χ1n) is 6.52. The summed E-state index contributed by atoms with van der Waals surface area (Å²) in [5.74, 6) is -2.15. The molecule has 0 aliphatic carbocycles. The fourth-order valence-electron chi connectivity index (χ4n) is 1.91. The quantitative estimate of drug-likeness (QED) is 0.847. The second kappa shape index (κ2) is 6.04. The van der Waals surface area contributed by atoms with E-state index in [-0.39, 0.29) is 17.9 Å². The smallest absolute Gasteiger partial charge is 0.419 e. The number of aliphatic hydroxyl groups is 1. The van der Waals surface area contributed by atoms with Crippen molar-refractivity contribution in [2.75, 3.05) is 6.54 Å². The van der Waals surface area contributed by atoms with Crippen molar-refractivity contribution in [3.05, 3.63) is 59.3 Å².